The Labute approximate surface area is 139 Å². The first-order chi connectivity index (χ1) is 11.6. The third-order valence-electron chi connectivity index (χ3n) is 5.32. The highest BCUT2D eigenvalue weighted by molar-refractivity contribution is 5.85. The third kappa shape index (κ3) is 2.40. The molecule has 0 unspecified atom stereocenters. The van der Waals surface area contributed by atoms with E-state index in [4.69, 9.17) is 9.52 Å². The van der Waals surface area contributed by atoms with Crippen molar-refractivity contribution in [2.24, 2.45) is 5.92 Å². The number of aromatic carboxylic acids is 1. The maximum Gasteiger partial charge on any atom is 0.371 e. The molecule has 2 N–H and O–H groups in total. The van der Waals surface area contributed by atoms with Crippen LogP contribution in [0.25, 0.3) is 0 Å². The maximum absolute atomic E-state index is 12.5. The van der Waals surface area contributed by atoms with Gasteiger partial charge in [-0.1, -0.05) is 24.3 Å². The van der Waals surface area contributed by atoms with E-state index in [0.29, 0.717) is 5.76 Å². The Morgan fingerprint density at radius 2 is 2.08 bits per heavy atom. The number of carbonyl (C=O) groups is 2. The van der Waals surface area contributed by atoms with Crippen LogP contribution in [0, 0.1) is 5.92 Å². The molecule has 1 heterocycles. The molecule has 2 aromatic rings. The fourth-order valence-corrected chi connectivity index (χ4v) is 4.06. The molecule has 5 heteroatoms. The Morgan fingerprint density at radius 1 is 1.25 bits per heavy atom. The van der Waals surface area contributed by atoms with Crippen LogP contribution in [0.15, 0.2) is 40.8 Å². The van der Waals surface area contributed by atoms with Gasteiger partial charge in [0.15, 0.2) is 0 Å². The van der Waals surface area contributed by atoms with Crippen LogP contribution in [0.1, 0.15) is 46.7 Å². The predicted molar refractivity (Wildman–Crippen MR) is 86.7 cm³/mol. The number of aryl methyl sites for hydroxylation is 1. The van der Waals surface area contributed by atoms with Crippen LogP contribution in [0.4, 0.5) is 0 Å². The number of carbonyl (C=O) groups excluding carboxylic acids is 1. The molecular formula is C19H19NO4. The largest absolute Gasteiger partial charge is 0.475 e. The molecule has 124 valence electrons. The van der Waals surface area contributed by atoms with Crippen molar-refractivity contribution in [1.82, 2.24) is 5.32 Å². The van der Waals surface area contributed by atoms with E-state index in [0.717, 1.165) is 25.7 Å². The summed E-state index contributed by atoms with van der Waals surface area (Å²) in [5.41, 5.74) is 2.72. The number of hydrogen-bond donors (Lipinski definition) is 2. The summed E-state index contributed by atoms with van der Waals surface area (Å²) in [6.45, 7) is 0.223. The monoisotopic (exact) mass is 325 g/mol. The Morgan fingerprint density at radius 3 is 2.88 bits per heavy atom. The second kappa shape index (κ2) is 5.51. The quantitative estimate of drug-likeness (QED) is 0.906. The van der Waals surface area contributed by atoms with Gasteiger partial charge in [-0.15, -0.1) is 0 Å². The van der Waals surface area contributed by atoms with Gasteiger partial charge in [0.2, 0.25) is 11.7 Å². The van der Waals surface area contributed by atoms with Crippen molar-refractivity contribution in [3.63, 3.8) is 0 Å². The molecule has 5 nitrogen and oxygen atoms in total. The molecule has 1 aromatic heterocycles. The normalized spacial score (nSPS) is 24.4. The van der Waals surface area contributed by atoms with Gasteiger partial charge in [-0.2, -0.15) is 0 Å². The molecule has 24 heavy (non-hydrogen) atoms. The third-order valence-corrected chi connectivity index (χ3v) is 5.32. The molecule has 0 radical (unpaired) electrons. The van der Waals surface area contributed by atoms with Crippen LogP contribution in [0.5, 0.6) is 0 Å². The second-order valence-corrected chi connectivity index (χ2v) is 6.71. The number of fused-ring (bicyclic) bond motifs is 2. The lowest BCUT2D eigenvalue weighted by Crippen LogP contribution is -2.29. The lowest BCUT2D eigenvalue weighted by molar-refractivity contribution is -0.123. The van der Waals surface area contributed by atoms with Crippen molar-refractivity contribution in [2.45, 2.75) is 37.6 Å². The Balaban J connectivity index is 1.43. The highest BCUT2D eigenvalue weighted by Crippen LogP contribution is 2.60. The molecule has 0 saturated heterocycles. The van der Waals surface area contributed by atoms with Crippen LogP contribution in [0.2, 0.25) is 0 Å². The average molecular weight is 325 g/mol. The number of amides is 1. The smallest absolute Gasteiger partial charge is 0.371 e. The fraction of sp³-hybridized carbons (Fsp3) is 0.368. The molecule has 1 aromatic carbocycles. The van der Waals surface area contributed by atoms with Gasteiger partial charge in [0.1, 0.15) is 5.76 Å². The van der Waals surface area contributed by atoms with Crippen molar-refractivity contribution in [2.75, 3.05) is 0 Å². The zero-order chi connectivity index (χ0) is 16.7. The molecule has 4 rings (SSSR count). The summed E-state index contributed by atoms with van der Waals surface area (Å²) in [5.74, 6) is -0.719. The van der Waals surface area contributed by atoms with E-state index in [2.05, 4.69) is 29.6 Å². The second-order valence-electron chi connectivity index (χ2n) is 6.71. The fourth-order valence-electron chi connectivity index (χ4n) is 4.06. The summed E-state index contributed by atoms with van der Waals surface area (Å²) in [5, 5.41) is 11.7. The van der Waals surface area contributed by atoms with Gasteiger partial charge < -0.3 is 14.8 Å². The van der Waals surface area contributed by atoms with Crippen molar-refractivity contribution in [3.8, 4) is 0 Å². The minimum absolute atomic E-state index is 0.00727. The van der Waals surface area contributed by atoms with Crippen molar-refractivity contribution < 1.29 is 19.1 Å². The zero-order valence-corrected chi connectivity index (χ0v) is 13.2. The molecule has 1 saturated carbocycles. The first kappa shape index (κ1) is 15.0. The number of rotatable bonds is 4. The van der Waals surface area contributed by atoms with Crippen molar-refractivity contribution >= 4 is 11.9 Å². The first-order valence-corrected chi connectivity index (χ1v) is 8.28. The summed E-state index contributed by atoms with van der Waals surface area (Å²) in [4.78, 5) is 23.3. The molecule has 1 fully saturated rings. The van der Waals surface area contributed by atoms with E-state index < -0.39 is 5.97 Å². The predicted octanol–water partition coefficient (Wildman–Crippen LogP) is 2.89. The Bertz CT molecular complexity index is 809. The molecule has 1 spiro atoms. The van der Waals surface area contributed by atoms with Gasteiger partial charge in [0.05, 0.1) is 6.54 Å². The molecular weight excluding hydrogens is 306 g/mol. The molecule has 0 aliphatic heterocycles. The standard InChI is InChI=1S/C19H19NO4/c21-17(20-11-13-7-8-16(24-13)18(22)23)15-10-19(15)9-3-5-12-4-1-2-6-14(12)19/h1-2,4,6-8,15H,3,5,9-11H2,(H,20,21)(H,22,23)/t15-,19-/m1/s1. The van der Waals surface area contributed by atoms with E-state index in [-0.39, 0.29) is 29.5 Å². The van der Waals surface area contributed by atoms with Crippen molar-refractivity contribution in [3.05, 3.63) is 59.0 Å². The van der Waals surface area contributed by atoms with E-state index >= 15 is 0 Å². The van der Waals surface area contributed by atoms with E-state index in [1.54, 1.807) is 6.07 Å². The number of hydrogen-bond acceptors (Lipinski definition) is 3. The topological polar surface area (TPSA) is 79.5 Å². The minimum Gasteiger partial charge on any atom is -0.475 e. The lowest BCUT2D eigenvalue weighted by atomic mass is 9.78. The number of nitrogens with one attached hydrogen (secondary N) is 1. The van der Waals surface area contributed by atoms with Crippen LogP contribution in [-0.2, 0) is 23.2 Å². The van der Waals surface area contributed by atoms with Crippen molar-refractivity contribution in [1.29, 1.82) is 0 Å². The maximum atomic E-state index is 12.5. The Kier molecular flexibility index (Phi) is 3.44. The molecule has 0 bridgehead atoms. The van der Waals surface area contributed by atoms with Gasteiger partial charge in [-0.3, -0.25) is 4.79 Å². The highest BCUT2D eigenvalue weighted by atomic mass is 16.4. The lowest BCUT2D eigenvalue weighted by Gasteiger charge is -2.26. The average Bonchev–Trinajstić information content (AvgIpc) is 3.09. The van der Waals surface area contributed by atoms with Gasteiger partial charge in [-0.05, 0) is 48.9 Å². The number of carboxylic acids is 1. The number of benzene rings is 1. The zero-order valence-electron chi connectivity index (χ0n) is 13.2. The van der Waals surface area contributed by atoms with E-state index in [1.807, 2.05) is 0 Å². The van der Waals surface area contributed by atoms with Crippen LogP contribution in [-0.4, -0.2) is 17.0 Å². The van der Waals surface area contributed by atoms with Crippen LogP contribution in [0.3, 0.4) is 0 Å². The molecule has 2 aliphatic carbocycles. The van der Waals surface area contributed by atoms with Crippen LogP contribution >= 0.6 is 0 Å². The summed E-state index contributed by atoms with van der Waals surface area (Å²) in [7, 11) is 0. The van der Waals surface area contributed by atoms with Gasteiger partial charge in [0, 0.05) is 11.3 Å². The van der Waals surface area contributed by atoms with Crippen LogP contribution < -0.4 is 5.32 Å². The number of furan rings is 1. The SMILES string of the molecule is O=C(O)c1ccc(CNC(=O)[C@H]2C[C@@]23CCCc2ccccc23)o1. The first-order valence-electron chi connectivity index (χ1n) is 8.28. The Hall–Kier alpha value is -2.56. The molecule has 2 aliphatic rings. The van der Waals surface area contributed by atoms with Gasteiger partial charge >= 0.3 is 5.97 Å². The summed E-state index contributed by atoms with van der Waals surface area (Å²) in [6.07, 6.45) is 4.18. The van der Waals surface area contributed by atoms with Gasteiger partial charge in [0.25, 0.3) is 0 Å². The number of carboxylic acid groups (broad SMARTS) is 1. The summed E-state index contributed by atoms with van der Waals surface area (Å²) in [6, 6.07) is 11.4. The summed E-state index contributed by atoms with van der Waals surface area (Å²) >= 11 is 0. The van der Waals surface area contributed by atoms with E-state index in [1.165, 1.54) is 17.2 Å². The summed E-state index contributed by atoms with van der Waals surface area (Å²) < 4.78 is 5.17. The van der Waals surface area contributed by atoms with E-state index in [9.17, 15) is 9.59 Å². The minimum atomic E-state index is -1.10. The van der Waals surface area contributed by atoms with Gasteiger partial charge in [-0.25, -0.2) is 4.79 Å². The molecule has 1 amide bonds. The molecule has 2 atom stereocenters. The highest BCUT2D eigenvalue weighted by Gasteiger charge is 2.59.